The van der Waals surface area contributed by atoms with Crippen molar-refractivity contribution >= 4 is 10.1 Å². The molecule has 0 radical (unpaired) electrons. The lowest BCUT2D eigenvalue weighted by molar-refractivity contribution is -0.0858. The molecule has 2 saturated carbocycles. The van der Waals surface area contributed by atoms with Crippen molar-refractivity contribution in [3.8, 4) is 0 Å². The molecule has 0 aliphatic heterocycles. The fraction of sp³-hybridized carbons (Fsp3) is 1.00. The van der Waals surface area contributed by atoms with Crippen LogP contribution in [0.3, 0.4) is 0 Å². The first-order chi connectivity index (χ1) is 7.48. The van der Waals surface area contributed by atoms with Crippen LogP contribution in [-0.2, 0) is 14.3 Å². The third kappa shape index (κ3) is 2.13. The molecular weight excluding hydrogens is 226 g/mol. The van der Waals surface area contributed by atoms with Gasteiger partial charge in [-0.3, -0.25) is 4.18 Å². The molecule has 0 aromatic heterocycles. The number of nitrogens with two attached hydrogens (primary N) is 1. The van der Waals surface area contributed by atoms with E-state index in [2.05, 4.69) is 0 Å². The summed E-state index contributed by atoms with van der Waals surface area (Å²) in [4.78, 5) is 0. The van der Waals surface area contributed by atoms with E-state index in [1.807, 2.05) is 0 Å². The molecule has 0 atom stereocenters. The maximum absolute atomic E-state index is 11.4. The van der Waals surface area contributed by atoms with Crippen molar-refractivity contribution in [2.45, 2.75) is 44.1 Å². The van der Waals surface area contributed by atoms with E-state index in [1.54, 1.807) is 0 Å². The molecule has 2 N–H and O–H groups in total. The molecule has 0 amide bonds. The second-order valence-electron chi connectivity index (χ2n) is 5.20. The Morgan fingerprint density at radius 1 is 1.19 bits per heavy atom. The van der Waals surface area contributed by atoms with Crippen molar-refractivity contribution in [2.24, 2.45) is 17.6 Å². The second kappa shape index (κ2) is 4.27. The minimum atomic E-state index is -3.42. The molecule has 0 aromatic carbocycles. The third-order valence-electron chi connectivity index (χ3n) is 4.22. The van der Waals surface area contributed by atoms with Gasteiger partial charge >= 0.3 is 0 Å². The van der Waals surface area contributed by atoms with Crippen LogP contribution < -0.4 is 5.73 Å². The van der Waals surface area contributed by atoms with Gasteiger partial charge in [0, 0.05) is 6.54 Å². The van der Waals surface area contributed by atoms with Gasteiger partial charge in [0.15, 0.2) is 0 Å². The lowest BCUT2D eigenvalue weighted by atomic mass is 9.61. The Labute approximate surface area is 97.7 Å². The summed E-state index contributed by atoms with van der Waals surface area (Å²) < 4.78 is 28.3. The summed E-state index contributed by atoms with van der Waals surface area (Å²) in [7, 11) is -3.42. The Morgan fingerprint density at radius 3 is 1.94 bits per heavy atom. The second-order valence-corrected chi connectivity index (χ2v) is 6.78. The highest BCUT2D eigenvalue weighted by molar-refractivity contribution is 7.86. The molecule has 2 aliphatic rings. The highest BCUT2D eigenvalue weighted by atomic mass is 32.2. The lowest BCUT2D eigenvalue weighted by Crippen LogP contribution is -2.58. The summed E-state index contributed by atoms with van der Waals surface area (Å²) in [6.45, 7) is 0.329. The molecule has 0 saturated heterocycles. The Balaban J connectivity index is 2.30. The highest BCUT2D eigenvalue weighted by Gasteiger charge is 2.51. The molecule has 2 aliphatic carbocycles. The molecule has 2 fully saturated rings. The third-order valence-corrected chi connectivity index (χ3v) is 4.83. The zero-order valence-electron chi connectivity index (χ0n) is 9.81. The lowest BCUT2D eigenvalue weighted by Gasteiger charge is -2.51. The van der Waals surface area contributed by atoms with Crippen LogP contribution in [0.15, 0.2) is 0 Å². The number of rotatable bonds is 3. The van der Waals surface area contributed by atoms with Crippen LogP contribution in [-0.4, -0.2) is 26.8 Å². The van der Waals surface area contributed by atoms with E-state index in [1.165, 1.54) is 12.8 Å². The topological polar surface area (TPSA) is 69.4 Å². The van der Waals surface area contributed by atoms with Crippen LogP contribution in [0.1, 0.15) is 38.5 Å². The average Bonchev–Trinajstić information content (AvgIpc) is 2.14. The van der Waals surface area contributed by atoms with Gasteiger partial charge in [0.05, 0.1) is 6.26 Å². The van der Waals surface area contributed by atoms with E-state index >= 15 is 0 Å². The number of fused-ring (bicyclic) bond motifs is 2. The monoisotopic (exact) mass is 247 g/mol. The van der Waals surface area contributed by atoms with Gasteiger partial charge < -0.3 is 5.73 Å². The molecule has 2 rings (SSSR count). The number of hydrogen-bond acceptors (Lipinski definition) is 4. The maximum Gasteiger partial charge on any atom is 0.264 e. The normalized spacial score (nSPS) is 39.6. The van der Waals surface area contributed by atoms with E-state index in [9.17, 15) is 8.42 Å². The van der Waals surface area contributed by atoms with Crippen LogP contribution in [0, 0.1) is 11.8 Å². The smallest absolute Gasteiger partial charge is 0.264 e. The van der Waals surface area contributed by atoms with Crippen molar-refractivity contribution in [2.75, 3.05) is 12.8 Å². The fourth-order valence-electron chi connectivity index (χ4n) is 3.61. The molecule has 0 spiro atoms. The van der Waals surface area contributed by atoms with Gasteiger partial charge in [-0.25, -0.2) is 0 Å². The molecule has 2 bridgehead atoms. The summed E-state index contributed by atoms with van der Waals surface area (Å²) in [5, 5.41) is 0. The largest absolute Gasteiger partial charge is 0.328 e. The van der Waals surface area contributed by atoms with E-state index in [-0.39, 0.29) is 0 Å². The van der Waals surface area contributed by atoms with Gasteiger partial charge in [-0.1, -0.05) is 12.8 Å². The molecule has 94 valence electrons. The average molecular weight is 247 g/mol. The van der Waals surface area contributed by atoms with Crippen LogP contribution in [0.4, 0.5) is 0 Å². The summed E-state index contributed by atoms with van der Waals surface area (Å²) in [5.74, 6) is 0.666. The van der Waals surface area contributed by atoms with E-state index in [4.69, 9.17) is 9.92 Å². The molecule has 16 heavy (non-hydrogen) atoms. The first kappa shape index (κ1) is 12.3. The van der Waals surface area contributed by atoms with Crippen LogP contribution in [0.25, 0.3) is 0 Å². The zero-order chi connectivity index (χ0) is 11.8. The van der Waals surface area contributed by atoms with Gasteiger partial charge in [0.1, 0.15) is 5.60 Å². The summed E-state index contributed by atoms with van der Waals surface area (Å²) in [6, 6.07) is 0. The predicted molar refractivity (Wildman–Crippen MR) is 62.4 cm³/mol. The first-order valence-corrected chi connectivity index (χ1v) is 7.90. The molecule has 5 heteroatoms. The van der Waals surface area contributed by atoms with Gasteiger partial charge in [-0.2, -0.15) is 8.42 Å². The minimum Gasteiger partial charge on any atom is -0.328 e. The number of hydrogen-bond donors (Lipinski definition) is 1. The van der Waals surface area contributed by atoms with Crippen molar-refractivity contribution in [3.63, 3.8) is 0 Å². The first-order valence-electron chi connectivity index (χ1n) is 6.08. The van der Waals surface area contributed by atoms with E-state index in [0.29, 0.717) is 18.4 Å². The van der Waals surface area contributed by atoms with Gasteiger partial charge in [-0.15, -0.1) is 0 Å². The fourth-order valence-corrected chi connectivity index (χ4v) is 4.51. The Bertz CT molecular complexity index is 330. The van der Waals surface area contributed by atoms with Gasteiger partial charge in [0.2, 0.25) is 0 Å². The Kier molecular flexibility index (Phi) is 3.29. The standard InChI is InChI=1S/C11H21NO3S/c1-16(13,14)15-11(8-12)9-4-2-5-10(11)7-3-6-9/h9-10H,2-8,12H2,1H3. The van der Waals surface area contributed by atoms with Crippen molar-refractivity contribution in [3.05, 3.63) is 0 Å². The van der Waals surface area contributed by atoms with E-state index < -0.39 is 15.7 Å². The SMILES string of the molecule is CS(=O)(=O)OC1(CN)C2CCCC1CCC2. The van der Waals surface area contributed by atoms with Crippen LogP contribution in [0.2, 0.25) is 0 Å². The van der Waals surface area contributed by atoms with E-state index in [0.717, 1.165) is 31.9 Å². The summed E-state index contributed by atoms with van der Waals surface area (Å²) in [6.07, 6.45) is 7.74. The summed E-state index contributed by atoms with van der Waals surface area (Å²) >= 11 is 0. The molecule has 4 nitrogen and oxygen atoms in total. The van der Waals surface area contributed by atoms with Crippen molar-refractivity contribution in [1.82, 2.24) is 0 Å². The molecular formula is C11H21NO3S. The molecule has 0 heterocycles. The molecule has 0 aromatic rings. The van der Waals surface area contributed by atoms with Crippen molar-refractivity contribution in [1.29, 1.82) is 0 Å². The van der Waals surface area contributed by atoms with Gasteiger partial charge in [-0.05, 0) is 37.5 Å². The zero-order valence-corrected chi connectivity index (χ0v) is 10.6. The quantitative estimate of drug-likeness (QED) is 0.762. The van der Waals surface area contributed by atoms with Crippen LogP contribution in [0.5, 0.6) is 0 Å². The highest BCUT2D eigenvalue weighted by Crippen LogP contribution is 2.49. The Morgan fingerprint density at radius 2 is 1.62 bits per heavy atom. The molecule has 0 unspecified atom stereocenters. The van der Waals surface area contributed by atoms with Crippen molar-refractivity contribution < 1.29 is 12.6 Å². The summed E-state index contributed by atoms with van der Waals surface area (Å²) in [5.41, 5.74) is 5.25. The maximum atomic E-state index is 11.4. The van der Waals surface area contributed by atoms with Gasteiger partial charge in [0.25, 0.3) is 10.1 Å². The predicted octanol–water partition coefficient (Wildman–Crippen LogP) is 1.26. The Hall–Kier alpha value is -0.130. The van der Waals surface area contributed by atoms with Crippen LogP contribution >= 0.6 is 0 Å². The minimum absolute atomic E-state index is 0.329.